The number of amides is 1. The monoisotopic (exact) mass is 587 g/mol. The molecule has 6 rings (SSSR count). The standard InChI is InChI=1S/C32H37N5O4S/c1-23-19-27(41-3)20-24(2)31(23)42(39,40)34-28-6-4-5-25-9-15-36(30(25)28)21-29(38)37-18-12-32(22-37)10-16-35(17-11-32)26-7-13-33-14-8-26/h4-9,13-15,19-20,34H,10-12,16-18,21-22H2,1-3H3. The van der Waals surface area contributed by atoms with Crippen molar-refractivity contribution in [3.8, 4) is 5.75 Å². The fraction of sp³-hybridized carbons (Fsp3) is 0.375. The van der Waals surface area contributed by atoms with E-state index in [2.05, 4.69) is 26.7 Å². The van der Waals surface area contributed by atoms with Gasteiger partial charge in [-0.2, -0.15) is 0 Å². The minimum atomic E-state index is -3.89. The van der Waals surface area contributed by atoms with Crippen molar-refractivity contribution in [3.63, 3.8) is 0 Å². The van der Waals surface area contributed by atoms with E-state index in [0.717, 1.165) is 50.8 Å². The van der Waals surface area contributed by atoms with Crippen LogP contribution in [0.3, 0.4) is 0 Å². The Hall–Kier alpha value is -4.05. The number of benzene rings is 2. The van der Waals surface area contributed by atoms with Crippen molar-refractivity contribution in [2.75, 3.05) is 42.9 Å². The third-order valence-electron chi connectivity index (χ3n) is 8.92. The molecule has 1 amide bonds. The molecule has 0 saturated carbocycles. The summed E-state index contributed by atoms with van der Waals surface area (Å²) in [6.45, 7) is 7.15. The number of fused-ring (bicyclic) bond motifs is 1. The Morgan fingerprint density at radius 1 is 1.00 bits per heavy atom. The van der Waals surface area contributed by atoms with E-state index in [-0.39, 0.29) is 22.8 Å². The summed E-state index contributed by atoms with van der Waals surface area (Å²) in [5, 5.41) is 0.868. The Morgan fingerprint density at radius 2 is 1.69 bits per heavy atom. The maximum Gasteiger partial charge on any atom is 0.262 e. The molecular formula is C32H37N5O4S. The van der Waals surface area contributed by atoms with Gasteiger partial charge in [0.25, 0.3) is 10.0 Å². The number of pyridine rings is 1. The first-order valence-electron chi connectivity index (χ1n) is 14.4. The van der Waals surface area contributed by atoms with Crippen LogP contribution in [0.25, 0.3) is 10.9 Å². The smallest absolute Gasteiger partial charge is 0.262 e. The van der Waals surface area contributed by atoms with Crippen LogP contribution in [0.1, 0.15) is 30.4 Å². The summed E-state index contributed by atoms with van der Waals surface area (Å²) in [5.74, 6) is 0.668. The molecular weight excluding hydrogens is 550 g/mol. The number of hydrogen-bond donors (Lipinski definition) is 1. The molecule has 0 atom stereocenters. The number of nitrogens with one attached hydrogen (secondary N) is 1. The quantitative estimate of drug-likeness (QED) is 0.328. The van der Waals surface area contributed by atoms with Crippen LogP contribution in [0, 0.1) is 19.3 Å². The Kier molecular flexibility index (Phi) is 7.34. The average molecular weight is 588 g/mol. The number of carbonyl (C=O) groups is 1. The van der Waals surface area contributed by atoms with E-state index in [0.29, 0.717) is 28.1 Å². The number of piperidine rings is 1. The number of anilines is 2. The third kappa shape index (κ3) is 5.31. The molecule has 2 aliphatic rings. The van der Waals surface area contributed by atoms with Gasteiger partial charge in [-0.25, -0.2) is 8.42 Å². The van der Waals surface area contributed by atoms with E-state index < -0.39 is 10.0 Å². The molecule has 4 heterocycles. The summed E-state index contributed by atoms with van der Waals surface area (Å²) in [7, 11) is -2.33. The molecule has 0 bridgehead atoms. The van der Waals surface area contributed by atoms with Crippen molar-refractivity contribution < 1.29 is 17.9 Å². The number of aryl methyl sites for hydroxylation is 2. The molecule has 9 nitrogen and oxygen atoms in total. The highest BCUT2D eigenvalue weighted by Gasteiger charge is 2.42. The number of likely N-dealkylation sites (tertiary alicyclic amines) is 1. The van der Waals surface area contributed by atoms with Gasteiger partial charge in [-0.05, 0) is 86.1 Å². The second-order valence-electron chi connectivity index (χ2n) is 11.6. The molecule has 2 aromatic heterocycles. The molecule has 1 N–H and O–H groups in total. The van der Waals surface area contributed by atoms with Crippen LogP contribution in [0.2, 0.25) is 0 Å². The molecule has 0 aliphatic carbocycles. The summed E-state index contributed by atoms with van der Waals surface area (Å²) in [4.78, 5) is 22.3. The van der Waals surface area contributed by atoms with Gasteiger partial charge >= 0.3 is 0 Å². The topological polar surface area (TPSA) is 96.8 Å². The zero-order chi connectivity index (χ0) is 29.5. The molecule has 220 valence electrons. The van der Waals surface area contributed by atoms with Gasteiger partial charge in [0.15, 0.2) is 0 Å². The number of sulfonamides is 1. The predicted molar refractivity (Wildman–Crippen MR) is 165 cm³/mol. The molecule has 2 aliphatic heterocycles. The third-order valence-corrected chi connectivity index (χ3v) is 10.6. The van der Waals surface area contributed by atoms with Crippen molar-refractivity contribution in [2.45, 2.75) is 44.6 Å². The largest absolute Gasteiger partial charge is 0.497 e. The fourth-order valence-corrected chi connectivity index (χ4v) is 8.24. The fourth-order valence-electron chi connectivity index (χ4n) is 6.72. The molecule has 0 radical (unpaired) electrons. The SMILES string of the molecule is COc1cc(C)c(S(=O)(=O)Nc2cccc3ccn(CC(=O)N4CCC5(CCN(c6ccncc6)CC5)C4)c23)c(C)c1. The highest BCUT2D eigenvalue weighted by Crippen LogP contribution is 2.41. The van der Waals surface area contributed by atoms with Crippen LogP contribution in [-0.4, -0.2) is 62.1 Å². The summed E-state index contributed by atoms with van der Waals surface area (Å²) in [5.41, 5.74) is 3.71. The van der Waals surface area contributed by atoms with Crippen LogP contribution in [-0.2, 0) is 21.4 Å². The van der Waals surface area contributed by atoms with E-state index in [1.807, 2.05) is 46.3 Å². The maximum absolute atomic E-state index is 13.6. The van der Waals surface area contributed by atoms with E-state index in [4.69, 9.17) is 4.74 Å². The molecule has 2 saturated heterocycles. The minimum Gasteiger partial charge on any atom is -0.497 e. The summed E-state index contributed by atoms with van der Waals surface area (Å²) < 4.78 is 37.2. The first-order chi connectivity index (χ1) is 20.2. The molecule has 10 heteroatoms. The molecule has 2 fully saturated rings. The zero-order valence-corrected chi connectivity index (χ0v) is 25.2. The van der Waals surface area contributed by atoms with Gasteiger partial charge in [-0.15, -0.1) is 0 Å². The number of ether oxygens (including phenoxy) is 1. The van der Waals surface area contributed by atoms with Gasteiger partial charge in [-0.3, -0.25) is 14.5 Å². The lowest BCUT2D eigenvalue weighted by atomic mass is 9.77. The predicted octanol–water partition coefficient (Wildman–Crippen LogP) is 4.98. The Morgan fingerprint density at radius 3 is 2.38 bits per heavy atom. The molecule has 42 heavy (non-hydrogen) atoms. The lowest BCUT2D eigenvalue weighted by Gasteiger charge is -2.40. The van der Waals surface area contributed by atoms with E-state index in [9.17, 15) is 13.2 Å². The second-order valence-corrected chi connectivity index (χ2v) is 13.3. The van der Waals surface area contributed by atoms with Crippen LogP contribution in [0.4, 0.5) is 11.4 Å². The number of aromatic nitrogens is 2. The highest BCUT2D eigenvalue weighted by molar-refractivity contribution is 7.92. The normalized spacial score (nSPS) is 16.7. The van der Waals surface area contributed by atoms with Gasteiger partial charge in [0.1, 0.15) is 12.3 Å². The summed E-state index contributed by atoms with van der Waals surface area (Å²) in [6, 6.07) is 15.0. The zero-order valence-electron chi connectivity index (χ0n) is 24.3. The minimum absolute atomic E-state index is 0.0560. The number of carbonyl (C=O) groups excluding carboxylic acids is 1. The number of para-hydroxylation sites is 1. The Labute approximate surface area is 247 Å². The Bertz CT molecular complexity index is 1700. The number of rotatable bonds is 7. The number of nitrogens with zero attached hydrogens (tertiary/aromatic N) is 4. The molecule has 4 aromatic rings. The van der Waals surface area contributed by atoms with Crippen molar-refractivity contribution in [2.24, 2.45) is 5.41 Å². The van der Waals surface area contributed by atoms with Crippen molar-refractivity contribution in [1.29, 1.82) is 0 Å². The first-order valence-corrected chi connectivity index (χ1v) is 15.9. The van der Waals surface area contributed by atoms with Crippen LogP contribution >= 0.6 is 0 Å². The first kappa shape index (κ1) is 28.1. The van der Waals surface area contributed by atoms with Gasteiger partial charge < -0.3 is 19.1 Å². The van der Waals surface area contributed by atoms with Crippen LogP contribution in [0.5, 0.6) is 5.75 Å². The number of hydrogen-bond acceptors (Lipinski definition) is 6. The average Bonchev–Trinajstić information content (AvgIpc) is 3.58. The van der Waals surface area contributed by atoms with E-state index >= 15 is 0 Å². The number of methoxy groups -OCH3 is 1. The van der Waals surface area contributed by atoms with Crippen LogP contribution in [0.15, 0.2) is 72.0 Å². The van der Waals surface area contributed by atoms with E-state index in [1.165, 1.54) is 5.69 Å². The molecule has 1 spiro atoms. The van der Waals surface area contributed by atoms with Crippen molar-refractivity contribution >= 4 is 38.2 Å². The van der Waals surface area contributed by atoms with E-state index in [1.54, 1.807) is 39.2 Å². The Balaban J connectivity index is 1.18. The highest BCUT2D eigenvalue weighted by atomic mass is 32.2. The molecule has 0 unspecified atom stereocenters. The van der Waals surface area contributed by atoms with Crippen LogP contribution < -0.4 is 14.4 Å². The van der Waals surface area contributed by atoms with Gasteiger partial charge in [0, 0.05) is 55.8 Å². The van der Waals surface area contributed by atoms with Crippen molar-refractivity contribution in [3.05, 3.63) is 78.2 Å². The van der Waals surface area contributed by atoms with Gasteiger partial charge in [0.05, 0.1) is 23.2 Å². The molecule has 2 aromatic carbocycles. The lowest BCUT2D eigenvalue weighted by molar-refractivity contribution is -0.131. The van der Waals surface area contributed by atoms with Gasteiger partial charge in [-0.1, -0.05) is 12.1 Å². The van der Waals surface area contributed by atoms with Crippen molar-refractivity contribution in [1.82, 2.24) is 14.5 Å². The lowest BCUT2D eigenvalue weighted by Crippen LogP contribution is -2.42. The summed E-state index contributed by atoms with van der Waals surface area (Å²) >= 11 is 0. The summed E-state index contributed by atoms with van der Waals surface area (Å²) in [6.07, 6.45) is 8.66. The second kappa shape index (κ2) is 11.0. The maximum atomic E-state index is 13.6. The van der Waals surface area contributed by atoms with Gasteiger partial charge in [0.2, 0.25) is 5.91 Å².